The summed E-state index contributed by atoms with van der Waals surface area (Å²) in [6.45, 7) is 8.91. The van der Waals surface area contributed by atoms with Crippen LogP contribution in [0.5, 0.6) is 0 Å². The lowest BCUT2D eigenvalue weighted by Crippen LogP contribution is -2.53. The summed E-state index contributed by atoms with van der Waals surface area (Å²) in [6, 6.07) is 0. The Morgan fingerprint density at radius 3 is 2.68 bits per heavy atom. The molecule has 122 valence electrons. The van der Waals surface area contributed by atoms with Gasteiger partial charge in [-0.25, -0.2) is 0 Å². The van der Waals surface area contributed by atoms with Crippen molar-refractivity contribution in [2.75, 3.05) is 0 Å². The zero-order valence-corrected chi connectivity index (χ0v) is 14.5. The van der Waals surface area contributed by atoms with Crippen LogP contribution in [0.4, 0.5) is 0 Å². The van der Waals surface area contributed by atoms with E-state index in [-0.39, 0.29) is 5.41 Å². The number of carboxylic acids is 1. The molecule has 0 radical (unpaired) electrons. The van der Waals surface area contributed by atoms with Crippen molar-refractivity contribution in [2.24, 2.45) is 28.6 Å². The minimum Gasteiger partial charge on any atom is -0.481 e. The molecule has 3 aliphatic carbocycles. The molecule has 3 rings (SSSR count). The summed E-state index contributed by atoms with van der Waals surface area (Å²) >= 11 is 0. The Morgan fingerprint density at radius 1 is 1.32 bits per heavy atom. The Hall–Kier alpha value is -1.05. The summed E-state index contributed by atoms with van der Waals surface area (Å²) in [6.07, 6.45) is 11.2. The second kappa shape index (κ2) is 5.25. The van der Waals surface area contributed by atoms with Crippen molar-refractivity contribution in [1.82, 2.24) is 0 Å². The van der Waals surface area contributed by atoms with E-state index in [4.69, 9.17) is 0 Å². The second-order valence-electron chi connectivity index (χ2n) is 8.54. The fourth-order valence-electron chi connectivity index (χ4n) is 5.67. The highest BCUT2D eigenvalue weighted by Gasteiger charge is 2.57. The van der Waals surface area contributed by atoms with E-state index in [9.17, 15) is 9.90 Å². The van der Waals surface area contributed by atoms with Gasteiger partial charge in [-0.2, -0.15) is 0 Å². The highest BCUT2D eigenvalue weighted by Crippen LogP contribution is 2.62. The number of carboxylic acid groups (broad SMARTS) is 1. The van der Waals surface area contributed by atoms with E-state index < -0.39 is 11.4 Å². The molecule has 0 aromatic carbocycles. The van der Waals surface area contributed by atoms with E-state index in [0.717, 1.165) is 32.1 Å². The summed E-state index contributed by atoms with van der Waals surface area (Å²) in [4.78, 5) is 11.9. The largest absolute Gasteiger partial charge is 0.481 e. The molecule has 0 amide bonds. The average molecular weight is 302 g/mol. The summed E-state index contributed by atoms with van der Waals surface area (Å²) in [7, 11) is 0. The molecule has 1 unspecified atom stereocenters. The van der Waals surface area contributed by atoms with Crippen molar-refractivity contribution in [3.8, 4) is 0 Å². The lowest BCUT2D eigenvalue weighted by Gasteiger charge is -2.57. The molecule has 0 bridgehead atoms. The quantitative estimate of drug-likeness (QED) is 0.760. The van der Waals surface area contributed by atoms with Gasteiger partial charge in [0.05, 0.1) is 5.41 Å². The highest BCUT2D eigenvalue weighted by molar-refractivity contribution is 5.75. The second-order valence-corrected chi connectivity index (χ2v) is 8.54. The smallest absolute Gasteiger partial charge is 0.309 e. The van der Waals surface area contributed by atoms with Crippen LogP contribution >= 0.6 is 0 Å². The van der Waals surface area contributed by atoms with Crippen LogP contribution in [-0.2, 0) is 4.79 Å². The highest BCUT2D eigenvalue weighted by atomic mass is 16.4. The SMILES string of the molecule is CC(C)C1=CC[C@H]2C(=C1)CCC1[C@](C)(C(=O)O)CCC[C@@]12C. The monoisotopic (exact) mass is 302 g/mol. The fraction of sp³-hybridized carbons (Fsp3) is 0.750. The van der Waals surface area contributed by atoms with Crippen molar-refractivity contribution in [3.05, 3.63) is 23.3 Å². The van der Waals surface area contributed by atoms with E-state index in [0.29, 0.717) is 17.8 Å². The van der Waals surface area contributed by atoms with Crippen LogP contribution in [-0.4, -0.2) is 11.1 Å². The molecule has 4 atom stereocenters. The van der Waals surface area contributed by atoms with E-state index in [1.165, 1.54) is 12.0 Å². The zero-order valence-electron chi connectivity index (χ0n) is 14.5. The van der Waals surface area contributed by atoms with E-state index in [1.54, 1.807) is 5.57 Å². The van der Waals surface area contributed by atoms with Gasteiger partial charge in [-0.05, 0) is 67.8 Å². The van der Waals surface area contributed by atoms with Crippen molar-refractivity contribution >= 4 is 5.97 Å². The Bertz CT molecular complexity index is 542. The number of aliphatic carboxylic acids is 1. The summed E-state index contributed by atoms with van der Waals surface area (Å²) in [5.74, 6) is 0.898. The minimum absolute atomic E-state index is 0.161. The molecule has 0 aromatic heterocycles. The lowest BCUT2D eigenvalue weighted by molar-refractivity contribution is -0.164. The third-order valence-electron chi connectivity index (χ3n) is 7.04. The zero-order chi connectivity index (χ0) is 16.1. The molecule has 2 nitrogen and oxygen atoms in total. The van der Waals surface area contributed by atoms with Crippen LogP contribution in [0.2, 0.25) is 0 Å². The maximum atomic E-state index is 11.9. The number of carbonyl (C=O) groups is 1. The Morgan fingerprint density at radius 2 is 2.05 bits per heavy atom. The molecular formula is C20H30O2. The normalized spacial score (nSPS) is 41.3. The molecule has 2 saturated carbocycles. The average Bonchev–Trinajstić information content (AvgIpc) is 2.46. The first-order valence-electron chi connectivity index (χ1n) is 8.93. The van der Waals surface area contributed by atoms with Crippen LogP contribution < -0.4 is 0 Å². The predicted molar refractivity (Wildman–Crippen MR) is 89.5 cm³/mol. The predicted octanol–water partition coefficient (Wildman–Crippen LogP) is 5.21. The number of rotatable bonds is 2. The molecule has 22 heavy (non-hydrogen) atoms. The molecular weight excluding hydrogens is 272 g/mol. The fourth-order valence-corrected chi connectivity index (χ4v) is 5.67. The van der Waals surface area contributed by atoms with Gasteiger partial charge in [0.15, 0.2) is 0 Å². The molecule has 0 spiro atoms. The van der Waals surface area contributed by atoms with Gasteiger partial charge in [0.1, 0.15) is 0 Å². The number of allylic oxidation sites excluding steroid dienone is 4. The topological polar surface area (TPSA) is 37.3 Å². The van der Waals surface area contributed by atoms with E-state index in [1.807, 2.05) is 6.92 Å². The molecule has 0 saturated heterocycles. The van der Waals surface area contributed by atoms with Crippen LogP contribution in [0.15, 0.2) is 23.3 Å². The van der Waals surface area contributed by atoms with Crippen LogP contribution in [0.25, 0.3) is 0 Å². The molecule has 0 heterocycles. The third-order valence-corrected chi connectivity index (χ3v) is 7.04. The first-order chi connectivity index (χ1) is 10.3. The van der Waals surface area contributed by atoms with Gasteiger partial charge in [-0.15, -0.1) is 0 Å². The van der Waals surface area contributed by atoms with Crippen LogP contribution in [0.1, 0.15) is 66.2 Å². The van der Waals surface area contributed by atoms with Gasteiger partial charge < -0.3 is 5.11 Å². The number of hydrogen-bond acceptors (Lipinski definition) is 1. The van der Waals surface area contributed by atoms with Crippen molar-refractivity contribution in [3.63, 3.8) is 0 Å². The van der Waals surface area contributed by atoms with Crippen molar-refractivity contribution < 1.29 is 9.90 Å². The molecule has 2 heteroatoms. The summed E-state index contributed by atoms with van der Waals surface area (Å²) in [5, 5.41) is 9.84. The first kappa shape index (κ1) is 15.8. The standard InChI is InChI=1S/C20H30O2/c1-13(2)14-6-8-16-15(12-14)7-9-17-19(16,3)10-5-11-20(17,4)18(21)22/h6,12-13,16-17H,5,7-11H2,1-4H3,(H,21,22)/t16-,17?,19+,20+/m0/s1. The van der Waals surface area contributed by atoms with Gasteiger partial charge in [0.2, 0.25) is 0 Å². The van der Waals surface area contributed by atoms with Gasteiger partial charge >= 0.3 is 5.97 Å². The van der Waals surface area contributed by atoms with Crippen molar-refractivity contribution in [2.45, 2.75) is 66.2 Å². The summed E-state index contributed by atoms with van der Waals surface area (Å²) in [5.41, 5.74) is 2.71. The van der Waals surface area contributed by atoms with Crippen LogP contribution in [0, 0.1) is 28.6 Å². The molecule has 0 aromatic rings. The third kappa shape index (κ3) is 2.18. The van der Waals surface area contributed by atoms with Gasteiger partial charge in [-0.1, -0.05) is 44.9 Å². The Balaban J connectivity index is 1.95. The molecule has 0 aliphatic heterocycles. The van der Waals surface area contributed by atoms with E-state index in [2.05, 4.69) is 32.9 Å². The van der Waals surface area contributed by atoms with Crippen molar-refractivity contribution in [1.29, 1.82) is 0 Å². The lowest BCUT2D eigenvalue weighted by atomic mass is 9.46. The maximum Gasteiger partial charge on any atom is 0.309 e. The summed E-state index contributed by atoms with van der Waals surface area (Å²) < 4.78 is 0. The van der Waals surface area contributed by atoms with Gasteiger partial charge in [0.25, 0.3) is 0 Å². The maximum absolute atomic E-state index is 11.9. The van der Waals surface area contributed by atoms with Gasteiger partial charge in [-0.3, -0.25) is 4.79 Å². The molecule has 3 aliphatic rings. The molecule has 1 N–H and O–H groups in total. The van der Waals surface area contributed by atoms with Gasteiger partial charge in [0, 0.05) is 0 Å². The van der Waals surface area contributed by atoms with E-state index >= 15 is 0 Å². The van der Waals surface area contributed by atoms with Crippen LogP contribution in [0.3, 0.4) is 0 Å². The number of hydrogen-bond donors (Lipinski definition) is 1. The Kier molecular flexibility index (Phi) is 3.78. The number of fused-ring (bicyclic) bond motifs is 3. The Labute approximate surface area is 134 Å². The first-order valence-corrected chi connectivity index (χ1v) is 8.93. The molecule has 2 fully saturated rings. The minimum atomic E-state index is -0.579.